The molecule has 4 rings (SSSR count). The molecule has 0 unspecified atom stereocenters. The summed E-state index contributed by atoms with van der Waals surface area (Å²) in [5, 5.41) is 0. The molecule has 1 fully saturated rings. The van der Waals surface area contributed by atoms with Gasteiger partial charge >= 0.3 is 226 Å². The number of benzene rings is 3. The number of ether oxygens (including phenoxy) is 3. The van der Waals surface area contributed by atoms with Gasteiger partial charge in [0.05, 0.1) is 0 Å². The molecule has 0 amide bonds. The van der Waals surface area contributed by atoms with Crippen LogP contribution in [0.1, 0.15) is 41.0 Å². The summed E-state index contributed by atoms with van der Waals surface area (Å²) in [6, 6.07) is 32.6. The first-order chi connectivity index (χ1) is 17.8. The van der Waals surface area contributed by atoms with E-state index < -0.39 is 24.2 Å². The first-order valence-electron chi connectivity index (χ1n) is 13.2. The molecule has 0 bridgehead atoms. The second kappa shape index (κ2) is 12.0. The third kappa shape index (κ3) is 5.87. The van der Waals surface area contributed by atoms with Crippen LogP contribution in [-0.4, -0.2) is 48.9 Å². The van der Waals surface area contributed by atoms with E-state index in [-0.39, 0.29) is 24.1 Å². The zero-order valence-electron chi connectivity index (χ0n) is 22.5. The molecule has 1 saturated heterocycles. The molecule has 0 spiro atoms. The molecule has 3 atom stereocenters. The van der Waals surface area contributed by atoms with Crippen molar-refractivity contribution in [1.29, 1.82) is 0 Å². The second-order valence-electron chi connectivity index (χ2n) is 10.2. The number of esters is 1. The molecule has 1 heterocycles. The molecular weight excluding hydrogens is 567 g/mol. The number of hydrogen-bond donors (Lipinski definition) is 0. The quantitative estimate of drug-likeness (QED) is 0.261. The number of hydrogen-bond acceptors (Lipinski definition) is 4. The maximum absolute atomic E-state index is 12.6. The van der Waals surface area contributed by atoms with E-state index in [1.807, 2.05) is 27.7 Å². The first-order valence-corrected chi connectivity index (χ1v) is 18.9. The summed E-state index contributed by atoms with van der Waals surface area (Å²) in [4.78, 5) is 12.6. The molecule has 1 aliphatic heterocycles. The van der Waals surface area contributed by atoms with Gasteiger partial charge in [0.1, 0.15) is 0 Å². The molecule has 0 aliphatic carbocycles. The van der Waals surface area contributed by atoms with E-state index in [0.29, 0.717) is 13.0 Å². The molecule has 194 valence electrons. The van der Waals surface area contributed by atoms with Gasteiger partial charge in [-0.2, -0.15) is 0 Å². The van der Waals surface area contributed by atoms with Gasteiger partial charge in [0, 0.05) is 0 Å². The van der Waals surface area contributed by atoms with Gasteiger partial charge in [0.25, 0.3) is 0 Å². The van der Waals surface area contributed by atoms with Crippen molar-refractivity contribution in [1.82, 2.24) is 0 Å². The van der Waals surface area contributed by atoms with Crippen LogP contribution in [-0.2, 0) is 19.0 Å². The van der Waals surface area contributed by atoms with E-state index in [1.165, 1.54) is 14.3 Å². The van der Waals surface area contributed by atoms with Crippen LogP contribution in [0, 0.1) is 5.92 Å². The van der Waals surface area contributed by atoms with Crippen LogP contribution in [0.2, 0.25) is 0 Å². The molecule has 4 nitrogen and oxygen atoms in total. The van der Waals surface area contributed by atoms with E-state index in [0.717, 1.165) is 0 Å². The van der Waals surface area contributed by atoms with Gasteiger partial charge < -0.3 is 0 Å². The molecule has 0 N–H and O–H groups in total. The Kier molecular flexibility index (Phi) is 8.94. The van der Waals surface area contributed by atoms with Gasteiger partial charge in [-0.05, 0) is 0 Å². The van der Waals surface area contributed by atoms with Gasteiger partial charge in [0.2, 0.25) is 0 Å². The zero-order chi connectivity index (χ0) is 26.5. The standard InChI is InChI=1S/C14H23O4.3C6H5.Sn/c1-6-16-13(15)10(2)8-7-9-12-11(3)17-14(4,5)18-12;3*1-2-4-6-5-3-1;/h7,10-12H,6,8H2,1-5H3;3*1-5H;/t10-,11-,12-;;;;/m1..../s1. The minimum atomic E-state index is -3.95. The van der Waals surface area contributed by atoms with Crippen molar-refractivity contribution in [2.24, 2.45) is 5.92 Å². The Labute approximate surface area is 225 Å². The summed E-state index contributed by atoms with van der Waals surface area (Å²) in [5.74, 6) is -1.13. The summed E-state index contributed by atoms with van der Waals surface area (Å²) in [7, 11) is 0. The molecule has 0 radical (unpaired) electrons. The van der Waals surface area contributed by atoms with Gasteiger partial charge in [-0.25, -0.2) is 0 Å². The van der Waals surface area contributed by atoms with Crippen molar-refractivity contribution in [3.8, 4) is 0 Å². The van der Waals surface area contributed by atoms with Crippen molar-refractivity contribution >= 4 is 35.1 Å². The number of carbonyl (C=O) groups excluding carboxylic acids is 1. The van der Waals surface area contributed by atoms with Gasteiger partial charge in [0.15, 0.2) is 0 Å². The van der Waals surface area contributed by atoms with E-state index in [4.69, 9.17) is 14.2 Å². The second-order valence-corrected chi connectivity index (χ2v) is 21.0. The average Bonchev–Trinajstić information content (AvgIpc) is 3.19. The summed E-state index contributed by atoms with van der Waals surface area (Å²) in [6.45, 7) is 10.2. The Morgan fingerprint density at radius 3 is 1.73 bits per heavy atom. The predicted molar refractivity (Wildman–Crippen MR) is 152 cm³/mol. The Hall–Kier alpha value is -2.41. The maximum atomic E-state index is 12.6. The van der Waals surface area contributed by atoms with Crippen molar-refractivity contribution in [3.05, 3.63) is 101 Å². The fraction of sp³-hybridized carbons (Fsp3) is 0.344. The molecule has 3 aromatic rings. The third-order valence-electron chi connectivity index (χ3n) is 7.05. The third-order valence-corrected chi connectivity index (χ3v) is 21.2. The summed E-state index contributed by atoms with van der Waals surface area (Å²) in [5.41, 5.74) is 0. The summed E-state index contributed by atoms with van der Waals surface area (Å²) in [6.07, 6.45) is 2.50. The van der Waals surface area contributed by atoms with Crippen LogP contribution >= 0.6 is 0 Å². The molecular formula is C32H38O4Sn. The van der Waals surface area contributed by atoms with Crippen molar-refractivity contribution in [2.45, 2.75) is 59.0 Å². The molecule has 37 heavy (non-hydrogen) atoms. The fourth-order valence-corrected chi connectivity index (χ4v) is 20.4. The van der Waals surface area contributed by atoms with Crippen LogP contribution < -0.4 is 10.7 Å². The molecule has 0 aromatic heterocycles. The molecule has 1 aliphatic rings. The van der Waals surface area contributed by atoms with E-state index in [1.54, 1.807) is 0 Å². The van der Waals surface area contributed by atoms with Crippen LogP contribution in [0.25, 0.3) is 0 Å². The molecule has 5 heteroatoms. The Balaban J connectivity index is 2.02. The van der Waals surface area contributed by atoms with E-state index in [9.17, 15) is 4.79 Å². The summed E-state index contributed by atoms with van der Waals surface area (Å²) < 4.78 is 23.6. The average molecular weight is 605 g/mol. The van der Waals surface area contributed by atoms with Crippen molar-refractivity contribution < 1.29 is 19.0 Å². The van der Waals surface area contributed by atoms with Crippen LogP contribution in [0.3, 0.4) is 0 Å². The van der Waals surface area contributed by atoms with E-state index in [2.05, 4.69) is 104 Å². The Bertz CT molecular complexity index is 1090. The van der Waals surface area contributed by atoms with E-state index >= 15 is 0 Å². The predicted octanol–water partition coefficient (Wildman–Crippen LogP) is 4.75. The zero-order valence-corrected chi connectivity index (χ0v) is 25.4. The van der Waals surface area contributed by atoms with Crippen molar-refractivity contribution in [2.75, 3.05) is 6.61 Å². The van der Waals surface area contributed by atoms with Gasteiger partial charge in [-0.15, -0.1) is 0 Å². The van der Waals surface area contributed by atoms with Crippen LogP contribution in [0.4, 0.5) is 0 Å². The number of carbonyl (C=O) groups is 1. The Morgan fingerprint density at radius 2 is 1.35 bits per heavy atom. The van der Waals surface area contributed by atoms with Crippen LogP contribution in [0.15, 0.2) is 101 Å². The molecule has 3 aromatic carbocycles. The minimum absolute atomic E-state index is 0.133. The van der Waals surface area contributed by atoms with Gasteiger partial charge in [-0.3, -0.25) is 0 Å². The van der Waals surface area contributed by atoms with Gasteiger partial charge in [-0.1, -0.05) is 0 Å². The van der Waals surface area contributed by atoms with Crippen molar-refractivity contribution in [3.63, 3.8) is 0 Å². The summed E-state index contributed by atoms with van der Waals surface area (Å²) >= 11 is -3.95. The first kappa shape index (κ1) is 27.6. The Morgan fingerprint density at radius 1 is 0.892 bits per heavy atom. The molecule has 0 saturated carbocycles. The fourth-order valence-electron chi connectivity index (χ4n) is 5.49. The topological polar surface area (TPSA) is 44.8 Å². The van der Waals surface area contributed by atoms with Crippen LogP contribution in [0.5, 0.6) is 0 Å². The number of allylic oxidation sites excluding steroid dienone is 1. The number of rotatable bonds is 9. The SMILES string of the molecule is CCOC(=O)[C@H](C)C/C=[C](/[C@H]1OC(C)(C)O[C@@H]1C)[Sn]([c]1ccccc1)([c]1ccccc1)[c]1ccccc1. The monoisotopic (exact) mass is 606 g/mol. The normalized spacial score (nSPS) is 20.4.